The van der Waals surface area contributed by atoms with E-state index in [1.54, 1.807) is 24.4 Å². The van der Waals surface area contributed by atoms with Crippen LogP contribution >= 0.6 is 23.2 Å². The van der Waals surface area contributed by atoms with E-state index in [9.17, 15) is 9.59 Å². The molecule has 2 heterocycles. The van der Waals surface area contributed by atoms with Crippen LogP contribution in [0.4, 0.5) is 0 Å². The number of fused-ring (bicyclic) bond motifs is 2. The minimum atomic E-state index is -2.60. The lowest BCUT2D eigenvalue weighted by Crippen LogP contribution is -2.51. The van der Waals surface area contributed by atoms with Crippen molar-refractivity contribution < 1.29 is 18.4 Å². The molecule has 0 saturated carbocycles. The number of carbonyl (C=O) groups excluding carboxylic acids is 2. The summed E-state index contributed by atoms with van der Waals surface area (Å²) in [6.07, 6.45) is 1.72. The van der Waals surface area contributed by atoms with E-state index in [1.165, 1.54) is 4.90 Å². The van der Waals surface area contributed by atoms with E-state index < -0.39 is 28.4 Å². The molecule has 0 N–H and O–H groups in total. The van der Waals surface area contributed by atoms with Gasteiger partial charge in [0.1, 0.15) is 17.0 Å². The molecule has 1 aliphatic heterocycles. The van der Waals surface area contributed by atoms with Crippen molar-refractivity contribution in [2.24, 2.45) is 0 Å². The second kappa shape index (κ2) is 13.6. The van der Waals surface area contributed by atoms with Gasteiger partial charge < -0.3 is 8.85 Å². The summed E-state index contributed by atoms with van der Waals surface area (Å²) >= 11 is 12.7. The largest absolute Gasteiger partial charge is 0.542 e. The highest BCUT2D eigenvalue weighted by molar-refractivity contribution is 6.79. The third-order valence-electron chi connectivity index (χ3n) is 10.1. The van der Waals surface area contributed by atoms with Crippen LogP contribution in [-0.2, 0) is 6.54 Å². The molecule has 0 bridgehead atoms. The smallest absolute Gasteiger partial charge is 0.265 e. The normalized spacial score (nSPS) is 14.3. The lowest BCUT2D eigenvalue weighted by molar-refractivity contribution is 0.0641. The Morgan fingerprint density at radius 2 is 1.09 bits per heavy atom. The summed E-state index contributed by atoms with van der Waals surface area (Å²) < 4.78 is 14.7. The number of imide groups is 1. The number of carbonyl (C=O) groups is 2. The van der Waals surface area contributed by atoms with Gasteiger partial charge in [-0.25, -0.2) is 0 Å². The maximum atomic E-state index is 14.7. The fourth-order valence-electron chi connectivity index (χ4n) is 8.31. The molecule has 10 heteroatoms. The number of benzene rings is 2. The molecular weight excluding hydrogens is 651 g/mol. The first kappa shape index (κ1) is 36.4. The number of rotatable bonds is 12. The van der Waals surface area contributed by atoms with Crippen molar-refractivity contribution in [1.29, 1.82) is 0 Å². The van der Waals surface area contributed by atoms with Crippen molar-refractivity contribution in [1.82, 2.24) is 9.88 Å². The van der Waals surface area contributed by atoms with Gasteiger partial charge in [-0.15, -0.1) is 0 Å². The Labute approximate surface area is 287 Å². The molecule has 1 aromatic heterocycles. The number of aromatic nitrogens is 1. The van der Waals surface area contributed by atoms with Crippen molar-refractivity contribution in [2.45, 2.75) is 123 Å². The fourth-order valence-corrected chi connectivity index (χ4v) is 19.4. The summed E-state index contributed by atoms with van der Waals surface area (Å²) in [6, 6.07) is 8.90. The maximum absolute atomic E-state index is 14.7. The van der Waals surface area contributed by atoms with Crippen molar-refractivity contribution in [3.05, 3.63) is 63.3 Å². The lowest BCUT2D eigenvalue weighted by atomic mass is 10.0. The van der Waals surface area contributed by atoms with E-state index in [4.69, 9.17) is 37.0 Å². The van der Waals surface area contributed by atoms with Crippen LogP contribution in [0.3, 0.4) is 0 Å². The number of amides is 2. The van der Waals surface area contributed by atoms with Gasteiger partial charge in [0.05, 0.1) is 17.7 Å². The third kappa shape index (κ3) is 6.04. The van der Waals surface area contributed by atoms with Gasteiger partial charge in [-0.05, 0) is 69.1 Å². The summed E-state index contributed by atoms with van der Waals surface area (Å²) in [6.45, 7) is 26.5. The molecule has 1 aliphatic rings. The first-order valence-electron chi connectivity index (χ1n) is 16.5. The molecule has 6 nitrogen and oxygen atoms in total. The first-order chi connectivity index (χ1) is 21.4. The topological polar surface area (TPSA) is 68.7 Å². The molecule has 3 aromatic rings. The molecule has 0 radical (unpaired) electrons. The monoisotopic (exact) mass is 700 g/mol. The quantitative estimate of drug-likeness (QED) is 0.139. The number of hydrogen-bond acceptors (Lipinski definition) is 5. The molecule has 0 saturated heterocycles. The molecule has 250 valence electrons. The van der Waals surface area contributed by atoms with Gasteiger partial charge in [-0.2, -0.15) is 0 Å². The van der Waals surface area contributed by atoms with Gasteiger partial charge >= 0.3 is 0 Å². The second-order valence-corrected chi connectivity index (χ2v) is 26.2. The molecule has 0 fully saturated rings. The van der Waals surface area contributed by atoms with Crippen molar-refractivity contribution in [2.75, 3.05) is 0 Å². The Hall–Kier alpha value is -2.40. The zero-order valence-corrected chi connectivity index (χ0v) is 32.9. The predicted molar refractivity (Wildman–Crippen MR) is 196 cm³/mol. The summed E-state index contributed by atoms with van der Waals surface area (Å²) in [5.41, 5.74) is 3.16. The van der Waals surface area contributed by atoms with E-state index in [2.05, 4.69) is 83.1 Å². The summed E-state index contributed by atoms with van der Waals surface area (Å²) in [5, 5.41) is 1.57. The van der Waals surface area contributed by atoms with Crippen LogP contribution in [0, 0.1) is 0 Å². The molecule has 0 unspecified atom stereocenters. The molecule has 0 spiro atoms. The van der Waals surface area contributed by atoms with Crippen molar-refractivity contribution in [3.8, 4) is 11.5 Å². The molecule has 0 aliphatic carbocycles. The summed E-state index contributed by atoms with van der Waals surface area (Å²) in [5.74, 6) is 0.0149. The minimum absolute atomic E-state index is 0.0114. The highest BCUT2D eigenvalue weighted by Crippen LogP contribution is 2.52. The Bertz CT molecular complexity index is 1480. The molecule has 0 atom stereocenters. The number of hydrogen-bond donors (Lipinski definition) is 0. The molecule has 2 amide bonds. The predicted octanol–water partition coefficient (Wildman–Crippen LogP) is 11.4. The van der Waals surface area contributed by atoms with Crippen LogP contribution in [0.25, 0.3) is 10.9 Å². The molecule has 46 heavy (non-hydrogen) atoms. The van der Waals surface area contributed by atoms with E-state index in [0.29, 0.717) is 38.0 Å². The first-order valence-corrected chi connectivity index (χ1v) is 21.6. The minimum Gasteiger partial charge on any atom is -0.542 e. The zero-order chi connectivity index (χ0) is 34.5. The molecule has 2 aromatic carbocycles. The Balaban J connectivity index is 2.11. The van der Waals surface area contributed by atoms with Crippen LogP contribution in [0.5, 0.6) is 11.5 Å². The van der Waals surface area contributed by atoms with Gasteiger partial charge in [0.15, 0.2) is 0 Å². The van der Waals surface area contributed by atoms with Crippen LogP contribution in [0.2, 0.25) is 43.3 Å². The van der Waals surface area contributed by atoms with Crippen LogP contribution in [-0.4, -0.2) is 38.3 Å². The van der Waals surface area contributed by atoms with Crippen molar-refractivity contribution >= 4 is 62.6 Å². The van der Waals surface area contributed by atoms with Gasteiger partial charge in [0.25, 0.3) is 28.4 Å². The van der Waals surface area contributed by atoms with Gasteiger partial charge in [0.2, 0.25) is 0 Å². The lowest BCUT2D eigenvalue weighted by Gasteiger charge is -2.44. The van der Waals surface area contributed by atoms with E-state index in [-0.39, 0.29) is 50.9 Å². The fraction of sp³-hybridized carbons (Fsp3) is 0.528. The molecule has 4 rings (SSSR count). The number of pyridine rings is 1. The van der Waals surface area contributed by atoms with Gasteiger partial charge in [0, 0.05) is 21.6 Å². The van der Waals surface area contributed by atoms with Gasteiger partial charge in [-0.3, -0.25) is 19.5 Å². The van der Waals surface area contributed by atoms with E-state index in [0.717, 1.165) is 0 Å². The zero-order valence-electron chi connectivity index (χ0n) is 29.4. The number of halogens is 2. The number of nitrogens with zero attached hydrogens (tertiary/aromatic N) is 2. The van der Waals surface area contributed by atoms with E-state index >= 15 is 0 Å². The highest BCUT2D eigenvalue weighted by Gasteiger charge is 2.52. The molecular formula is C36H50Cl2N2O4Si2. The van der Waals surface area contributed by atoms with Crippen LogP contribution in [0.1, 0.15) is 109 Å². The Kier molecular flexibility index (Phi) is 10.8. The van der Waals surface area contributed by atoms with Crippen LogP contribution in [0.15, 0.2) is 36.5 Å². The van der Waals surface area contributed by atoms with Crippen molar-refractivity contribution in [3.63, 3.8) is 0 Å². The summed E-state index contributed by atoms with van der Waals surface area (Å²) in [4.78, 5) is 35.5. The highest BCUT2D eigenvalue weighted by atomic mass is 35.5. The Morgan fingerprint density at radius 1 is 0.674 bits per heavy atom. The second-order valence-electron chi connectivity index (χ2n) is 14.6. The Morgan fingerprint density at radius 3 is 1.52 bits per heavy atom. The van der Waals surface area contributed by atoms with Gasteiger partial charge in [-0.1, -0.05) is 106 Å². The third-order valence-corrected chi connectivity index (χ3v) is 22.5. The average molecular weight is 702 g/mol. The SMILES string of the molecule is CC(C)[Si](Oc1c2c(c(O[Si](C(C)C)(C(C)C)C(C)C)c3ncccc13)C(=O)N(Cc1cc(Cl)cc(Cl)c1)C2=O)(C(C)C)C(C)C. The summed E-state index contributed by atoms with van der Waals surface area (Å²) in [7, 11) is -5.18. The average Bonchev–Trinajstić information content (AvgIpc) is 3.18. The maximum Gasteiger partial charge on any atom is 0.265 e. The standard InChI is InChI=1S/C36H50Cl2N2O4Si2/c1-20(2)45(21(3)4,22(5)6)43-33-29-14-13-15-39-32(29)34(44-46(23(7)8,24(9)10)25(11)12)31-30(33)35(41)40(36(31)42)19-26-16-27(37)18-28(38)17-26/h13-18,20-25H,19H2,1-12H3. The van der Waals surface area contributed by atoms with Crippen LogP contribution < -0.4 is 8.85 Å². The van der Waals surface area contributed by atoms with E-state index in [1.807, 2.05) is 12.1 Å².